The second kappa shape index (κ2) is 7.62. The van der Waals surface area contributed by atoms with Crippen molar-refractivity contribution in [2.75, 3.05) is 12.4 Å². The van der Waals surface area contributed by atoms with Gasteiger partial charge in [-0.3, -0.25) is 4.79 Å². The number of hydrogen-bond donors (Lipinski definition) is 3. The predicted molar refractivity (Wildman–Crippen MR) is 99.9 cm³/mol. The van der Waals surface area contributed by atoms with Gasteiger partial charge in [-0.15, -0.1) is 0 Å². The largest absolute Gasteiger partial charge is 0.495 e. The van der Waals surface area contributed by atoms with Gasteiger partial charge in [0.1, 0.15) is 5.75 Å². The number of amides is 3. The maximum atomic E-state index is 13.0. The van der Waals surface area contributed by atoms with Crippen LogP contribution in [0.25, 0.3) is 0 Å². The fourth-order valence-corrected chi connectivity index (χ4v) is 2.93. The van der Waals surface area contributed by atoms with E-state index in [4.69, 9.17) is 10.00 Å². The molecule has 3 N–H and O–H groups in total. The van der Waals surface area contributed by atoms with Gasteiger partial charge in [-0.25, -0.2) is 4.79 Å². The Kier molecular flexibility index (Phi) is 5.08. The Labute approximate surface area is 156 Å². The van der Waals surface area contributed by atoms with E-state index < -0.39 is 12.1 Å². The molecule has 7 heteroatoms. The van der Waals surface area contributed by atoms with E-state index in [0.717, 1.165) is 0 Å². The van der Waals surface area contributed by atoms with Crippen LogP contribution >= 0.6 is 0 Å². The van der Waals surface area contributed by atoms with Crippen molar-refractivity contribution < 1.29 is 14.3 Å². The number of nitrogens with zero attached hydrogens (tertiary/aromatic N) is 1. The summed E-state index contributed by atoms with van der Waals surface area (Å²) in [5.41, 5.74) is 2.57. The lowest BCUT2D eigenvalue weighted by molar-refractivity contribution is -0.113. The van der Waals surface area contributed by atoms with Crippen LogP contribution in [0.15, 0.2) is 59.8 Å². The van der Waals surface area contributed by atoms with Crippen LogP contribution in [-0.4, -0.2) is 19.0 Å². The topological polar surface area (TPSA) is 103 Å². The molecule has 136 valence electrons. The molecule has 0 aromatic heterocycles. The van der Waals surface area contributed by atoms with Gasteiger partial charge in [0.25, 0.3) is 5.91 Å². The second-order valence-corrected chi connectivity index (χ2v) is 5.96. The summed E-state index contributed by atoms with van der Waals surface area (Å²) < 4.78 is 5.27. The van der Waals surface area contributed by atoms with Gasteiger partial charge in [0, 0.05) is 5.70 Å². The Morgan fingerprint density at radius 1 is 1.19 bits per heavy atom. The highest BCUT2D eigenvalue weighted by molar-refractivity contribution is 6.07. The molecule has 3 amide bonds. The lowest BCUT2D eigenvalue weighted by Gasteiger charge is -2.28. The molecule has 0 saturated heterocycles. The Morgan fingerprint density at radius 3 is 2.56 bits per heavy atom. The number of nitrogens with one attached hydrogen (secondary N) is 3. The lowest BCUT2D eigenvalue weighted by Crippen LogP contribution is -2.46. The third-order valence-electron chi connectivity index (χ3n) is 4.24. The van der Waals surface area contributed by atoms with Gasteiger partial charge in [0.15, 0.2) is 0 Å². The van der Waals surface area contributed by atoms with Crippen LogP contribution in [-0.2, 0) is 4.79 Å². The van der Waals surface area contributed by atoms with Crippen molar-refractivity contribution >= 4 is 17.6 Å². The molecule has 1 atom stereocenters. The number of anilines is 1. The number of para-hydroxylation sites is 2. The van der Waals surface area contributed by atoms with E-state index in [9.17, 15) is 9.59 Å². The van der Waals surface area contributed by atoms with Gasteiger partial charge in [0.05, 0.1) is 36.0 Å². The summed E-state index contributed by atoms with van der Waals surface area (Å²) in [6.07, 6.45) is 0. The average Bonchev–Trinajstić information content (AvgIpc) is 2.67. The molecule has 0 spiro atoms. The molecule has 3 rings (SSSR count). The molecule has 2 aromatic rings. The van der Waals surface area contributed by atoms with Crippen molar-refractivity contribution in [2.45, 2.75) is 13.0 Å². The lowest BCUT2D eigenvalue weighted by atomic mass is 9.94. The third kappa shape index (κ3) is 3.75. The Balaban J connectivity index is 1.95. The maximum Gasteiger partial charge on any atom is 0.319 e. The number of urea groups is 1. The third-order valence-corrected chi connectivity index (χ3v) is 4.24. The minimum absolute atomic E-state index is 0.362. The number of carbonyl (C=O) groups excluding carboxylic acids is 2. The molecule has 2 aromatic carbocycles. The maximum absolute atomic E-state index is 13.0. The van der Waals surface area contributed by atoms with Crippen LogP contribution in [0.2, 0.25) is 0 Å². The summed E-state index contributed by atoms with van der Waals surface area (Å²) in [5, 5.41) is 17.2. The number of hydrogen-bond acceptors (Lipinski definition) is 4. The van der Waals surface area contributed by atoms with Gasteiger partial charge < -0.3 is 20.7 Å². The number of nitriles is 1. The Hall–Kier alpha value is -3.79. The summed E-state index contributed by atoms with van der Waals surface area (Å²) in [7, 11) is 1.53. The SMILES string of the molecule is COc1ccccc1NC(=O)C1=C(C)NC(=O)N[C@@H]1c1ccc(C#N)cc1. The molecule has 1 aliphatic heterocycles. The first-order valence-corrected chi connectivity index (χ1v) is 8.26. The van der Waals surface area contributed by atoms with Gasteiger partial charge in [-0.1, -0.05) is 24.3 Å². The zero-order valence-corrected chi connectivity index (χ0v) is 14.9. The molecule has 0 radical (unpaired) electrons. The van der Waals surface area contributed by atoms with Gasteiger partial charge in [0.2, 0.25) is 0 Å². The molecule has 0 unspecified atom stereocenters. The van der Waals surface area contributed by atoms with Gasteiger partial charge >= 0.3 is 6.03 Å². The Morgan fingerprint density at radius 2 is 1.89 bits per heavy atom. The number of rotatable bonds is 4. The predicted octanol–water partition coefficient (Wildman–Crippen LogP) is 2.83. The number of carbonyl (C=O) groups is 2. The first-order chi connectivity index (χ1) is 13.0. The fourth-order valence-electron chi connectivity index (χ4n) is 2.93. The van der Waals surface area contributed by atoms with Crippen molar-refractivity contribution in [1.29, 1.82) is 5.26 Å². The molecule has 7 nitrogen and oxygen atoms in total. The van der Waals surface area contributed by atoms with E-state index in [1.165, 1.54) is 7.11 Å². The van der Waals surface area contributed by atoms with Gasteiger partial charge in [-0.05, 0) is 36.8 Å². The van der Waals surface area contributed by atoms with Crippen molar-refractivity contribution in [1.82, 2.24) is 10.6 Å². The molecule has 0 aliphatic carbocycles. The summed E-state index contributed by atoms with van der Waals surface area (Å²) in [5.74, 6) is 0.172. The average molecular weight is 362 g/mol. The van der Waals surface area contributed by atoms with E-state index in [-0.39, 0.29) is 5.91 Å². The van der Waals surface area contributed by atoms with Crippen LogP contribution in [0.5, 0.6) is 5.75 Å². The molecule has 0 saturated carbocycles. The second-order valence-electron chi connectivity index (χ2n) is 5.96. The van der Waals surface area contributed by atoms with Crippen LogP contribution in [0.4, 0.5) is 10.5 Å². The monoisotopic (exact) mass is 362 g/mol. The van der Waals surface area contributed by atoms with E-state index in [0.29, 0.717) is 33.8 Å². The molecule has 0 fully saturated rings. The van der Waals surface area contributed by atoms with E-state index in [1.54, 1.807) is 55.5 Å². The number of methoxy groups -OCH3 is 1. The number of benzene rings is 2. The van der Waals surface area contributed by atoms with E-state index in [2.05, 4.69) is 16.0 Å². The molecule has 0 bridgehead atoms. The summed E-state index contributed by atoms with van der Waals surface area (Å²) in [6, 6.07) is 14.8. The van der Waals surface area contributed by atoms with E-state index in [1.807, 2.05) is 6.07 Å². The van der Waals surface area contributed by atoms with Gasteiger partial charge in [-0.2, -0.15) is 5.26 Å². The number of allylic oxidation sites excluding steroid dienone is 1. The standard InChI is InChI=1S/C20H18N4O3/c1-12-17(19(25)23-15-5-3-4-6-16(15)27-2)18(24-20(26)22-12)14-9-7-13(11-21)8-10-14/h3-10,18H,1-2H3,(H,23,25)(H2,22,24,26)/t18-/m1/s1. The van der Waals surface area contributed by atoms with Crippen molar-refractivity contribution in [3.8, 4) is 11.8 Å². The first-order valence-electron chi connectivity index (χ1n) is 8.26. The highest BCUT2D eigenvalue weighted by Crippen LogP contribution is 2.30. The van der Waals surface area contributed by atoms with E-state index >= 15 is 0 Å². The van der Waals surface area contributed by atoms with Crippen LogP contribution in [0.1, 0.15) is 24.1 Å². The van der Waals surface area contributed by atoms with Crippen LogP contribution in [0.3, 0.4) is 0 Å². The highest BCUT2D eigenvalue weighted by Gasteiger charge is 2.31. The normalized spacial score (nSPS) is 16.0. The van der Waals surface area contributed by atoms with Crippen molar-refractivity contribution in [3.63, 3.8) is 0 Å². The summed E-state index contributed by atoms with van der Waals surface area (Å²) in [4.78, 5) is 24.9. The zero-order valence-electron chi connectivity index (χ0n) is 14.9. The highest BCUT2D eigenvalue weighted by atomic mass is 16.5. The quantitative estimate of drug-likeness (QED) is 0.778. The molecule has 1 heterocycles. The smallest absolute Gasteiger partial charge is 0.319 e. The minimum atomic E-state index is -0.638. The molecular formula is C20H18N4O3. The summed E-state index contributed by atoms with van der Waals surface area (Å²) in [6.45, 7) is 1.67. The molecular weight excluding hydrogens is 344 g/mol. The first kappa shape index (κ1) is 18.0. The molecule has 27 heavy (non-hydrogen) atoms. The number of ether oxygens (including phenoxy) is 1. The van der Waals surface area contributed by atoms with Crippen LogP contribution in [0, 0.1) is 11.3 Å². The minimum Gasteiger partial charge on any atom is -0.495 e. The summed E-state index contributed by atoms with van der Waals surface area (Å²) >= 11 is 0. The molecule has 1 aliphatic rings. The Bertz CT molecular complexity index is 958. The van der Waals surface area contributed by atoms with Crippen molar-refractivity contribution in [3.05, 3.63) is 70.9 Å². The fraction of sp³-hybridized carbons (Fsp3) is 0.150. The van der Waals surface area contributed by atoms with Crippen molar-refractivity contribution in [2.24, 2.45) is 0 Å². The van der Waals surface area contributed by atoms with Crippen LogP contribution < -0.4 is 20.7 Å². The zero-order chi connectivity index (χ0) is 19.4.